The minimum atomic E-state index is -0.0677. The molecule has 1 heterocycles. The maximum absolute atomic E-state index is 12.3. The third kappa shape index (κ3) is 2.44. The van der Waals surface area contributed by atoms with Gasteiger partial charge in [-0.2, -0.15) is 5.26 Å². The van der Waals surface area contributed by atoms with Gasteiger partial charge < -0.3 is 10.2 Å². The summed E-state index contributed by atoms with van der Waals surface area (Å²) in [5.74, 6) is 0.104. The van der Waals surface area contributed by atoms with E-state index in [1.54, 1.807) is 23.1 Å². The smallest absolute Gasteiger partial charge is 0.244 e. The Kier molecular flexibility index (Phi) is 3.17. The standard InChI is InChI=1S/C14H14ClN3O/c15-12-7-11(4-1-9(12)8-16)18-6-5-13(14(18)19)17-10-2-3-10/h1,4,7,10,13,17H,2-3,5-6H2. The lowest BCUT2D eigenvalue weighted by Crippen LogP contribution is -2.39. The molecule has 1 amide bonds. The van der Waals surface area contributed by atoms with Gasteiger partial charge in [0.15, 0.2) is 0 Å². The fourth-order valence-corrected chi connectivity index (χ4v) is 2.61. The molecule has 4 nitrogen and oxygen atoms in total. The largest absolute Gasteiger partial charge is 0.311 e. The lowest BCUT2D eigenvalue weighted by molar-refractivity contribution is -0.118. The van der Waals surface area contributed by atoms with Gasteiger partial charge in [0.05, 0.1) is 16.6 Å². The minimum absolute atomic E-state index is 0.0677. The van der Waals surface area contributed by atoms with Crippen LogP contribution in [-0.4, -0.2) is 24.5 Å². The van der Waals surface area contributed by atoms with E-state index in [0.717, 1.165) is 12.1 Å². The molecule has 3 rings (SSSR count). The van der Waals surface area contributed by atoms with Gasteiger partial charge in [-0.3, -0.25) is 4.79 Å². The molecule has 0 radical (unpaired) electrons. The minimum Gasteiger partial charge on any atom is -0.311 e. The summed E-state index contributed by atoms with van der Waals surface area (Å²) >= 11 is 6.01. The number of hydrogen-bond donors (Lipinski definition) is 1. The van der Waals surface area contributed by atoms with Crippen LogP contribution in [0.3, 0.4) is 0 Å². The molecule has 19 heavy (non-hydrogen) atoms. The van der Waals surface area contributed by atoms with Crippen molar-refractivity contribution >= 4 is 23.2 Å². The summed E-state index contributed by atoms with van der Waals surface area (Å²) in [5, 5.41) is 12.6. The Labute approximate surface area is 117 Å². The van der Waals surface area contributed by atoms with Crippen LogP contribution in [0.2, 0.25) is 5.02 Å². The van der Waals surface area contributed by atoms with Crippen molar-refractivity contribution in [2.24, 2.45) is 0 Å². The Hall–Kier alpha value is -1.57. The lowest BCUT2D eigenvalue weighted by Gasteiger charge is -2.17. The predicted molar refractivity (Wildman–Crippen MR) is 73.1 cm³/mol. The molecule has 1 saturated heterocycles. The molecule has 98 valence electrons. The third-order valence-corrected chi connectivity index (χ3v) is 3.92. The number of nitriles is 1. The van der Waals surface area contributed by atoms with Gasteiger partial charge in [-0.15, -0.1) is 0 Å². The molecule has 1 aliphatic heterocycles. The highest BCUT2D eigenvalue weighted by Gasteiger charge is 2.36. The highest BCUT2D eigenvalue weighted by Crippen LogP contribution is 2.28. The van der Waals surface area contributed by atoms with Gasteiger partial charge in [-0.05, 0) is 37.5 Å². The van der Waals surface area contributed by atoms with Crippen molar-refractivity contribution in [3.05, 3.63) is 28.8 Å². The van der Waals surface area contributed by atoms with Crippen molar-refractivity contribution in [2.45, 2.75) is 31.3 Å². The number of benzene rings is 1. The summed E-state index contributed by atoms with van der Waals surface area (Å²) in [7, 11) is 0. The zero-order valence-electron chi connectivity index (χ0n) is 10.4. The average Bonchev–Trinajstić information content (AvgIpc) is 3.14. The van der Waals surface area contributed by atoms with Crippen molar-refractivity contribution in [3.8, 4) is 6.07 Å². The van der Waals surface area contributed by atoms with Gasteiger partial charge in [0, 0.05) is 18.3 Å². The molecule has 1 aliphatic carbocycles. The first-order valence-electron chi connectivity index (χ1n) is 6.46. The van der Waals surface area contributed by atoms with Crippen LogP contribution < -0.4 is 10.2 Å². The Balaban J connectivity index is 1.77. The van der Waals surface area contributed by atoms with E-state index < -0.39 is 0 Å². The summed E-state index contributed by atoms with van der Waals surface area (Å²) in [4.78, 5) is 14.0. The molecule has 0 spiro atoms. The molecule has 1 saturated carbocycles. The van der Waals surface area contributed by atoms with Gasteiger partial charge in [0.1, 0.15) is 6.07 Å². The van der Waals surface area contributed by atoms with Gasteiger partial charge >= 0.3 is 0 Å². The van der Waals surface area contributed by atoms with Crippen LogP contribution in [0.1, 0.15) is 24.8 Å². The van der Waals surface area contributed by atoms with E-state index in [1.165, 1.54) is 12.8 Å². The molecule has 1 N–H and O–H groups in total. The van der Waals surface area contributed by atoms with Crippen molar-refractivity contribution < 1.29 is 4.79 Å². The lowest BCUT2D eigenvalue weighted by atomic mass is 10.2. The van der Waals surface area contributed by atoms with Gasteiger partial charge in [0.25, 0.3) is 0 Å². The molecular formula is C14H14ClN3O. The number of hydrogen-bond acceptors (Lipinski definition) is 3. The van der Waals surface area contributed by atoms with Crippen LogP contribution in [0, 0.1) is 11.3 Å². The molecule has 0 aromatic heterocycles. The Morgan fingerprint density at radius 2 is 2.16 bits per heavy atom. The quantitative estimate of drug-likeness (QED) is 0.919. The number of amides is 1. The maximum Gasteiger partial charge on any atom is 0.244 e. The summed E-state index contributed by atoms with van der Waals surface area (Å²) in [6, 6.07) is 7.61. The van der Waals surface area contributed by atoms with E-state index in [9.17, 15) is 4.79 Å². The summed E-state index contributed by atoms with van der Waals surface area (Å²) in [5.41, 5.74) is 1.21. The summed E-state index contributed by atoms with van der Waals surface area (Å²) in [6.07, 6.45) is 3.17. The Morgan fingerprint density at radius 3 is 2.79 bits per heavy atom. The van der Waals surface area contributed by atoms with Crippen molar-refractivity contribution in [1.82, 2.24) is 5.32 Å². The fraction of sp³-hybridized carbons (Fsp3) is 0.429. The number of nitrogens with zero attached hydrogens (tertiary/aromatic N) is 2. The number of halogens is 1. The third-order valence-electron chi connectivity index (χ3n) is 3.60. The van der Waals surface area contributed by atoms with Crippen LogP contribution in [0.25, 0.3) is 0 Å². The molecule has 1 atom stereocenters. The fourth-order valence-electron chi connectivity index (χ4n) is 2.39. The van der Waals surface area contributed by atoms with Crippen LogP contribution in [0.4, 0.5) is 5.69 Å². The van der Waals surface area contributed by atoms with Crippen LogP contribution in [0.5, 0.6) is 0 Å². The summed E-state index contributed by atoms with van der Waals surface area (Å²) in [6.45, 7) is 0.700. The molecule has 2 fully saturated rings. The number of carbonyl (C=O) groups excluding carboxylic acids is 1. The first-order valence-corrected chi connectivity index (χ1v) is 6.84. The Bertz CT molecular complexity index is 562. The van der Waals surface area contributed by atoms with Gasteiger partial charge in [-0.25, -0.2) is 0 Å². The molecule has 2 aliphatic rings. The number of nitrogens with one attached hydrogen (secondary N) is 1. The van der Waals surface area contributed by atoms with Gasteiger partial charge in [-0.1, -0.05) is 11.6 Å². The monoisotopic (exact) mass is 275 g/mol. The predicted octanol–water partition coefficient (Wildman–Crippen LogP) is 2.07. The molecule has 5 heteroatoms. The summed E-state index contributed by atoms with van der Waals surface area (Å²) < 4.78 is 0. The van der Waals surface area contributed by atoms with Gasteiger partial charge in [0.2, 0.25) is 5.91 Å². The van der Waals surface area contributed by atoms with Crippen molar-refractivity contribution in [1.29, 1.82) is 5.26 Å². The van der Waals surface area contributed by atoms with E-state index in [1.807, 2.05) is 6.07 Å². The topological polar surface area (TPSA) is 56.1 Å². The van der Waals surface area contributed by atoms with E-state index >= 15 is 0 Å². The van der Waals surface area contributed by atoms with E-state index in [2.05, 4.69) is 5.32 Å². The van der Waals surface area contributed by atoms with E-state index in [-0.39, 0.29) is 11.9 Å². The van der Waals surface area contributed by atoms with E-state index in [0.29, 0.717) is 23.2 Å². The number of carbonyl (C=O) groups is 1. The molecule has 0 bridgehead atoms. The maximum atomic E-state index is 12.3. The Morgan fingerprint density at radius 1 is 1.37 bits per heavy atom. The second-order valence-electron chi connectivity index (χ2n) is 5.05. The number of rotatable bonds is 3. The van der Waals surface area contributed by atoms with Crippen LogP contribution in [-0.2, 0) is 4.79 Å². The van der Waals surface area contributed by atoms with E-state index in [4.69, 9.17) is 16.9 Å². The second kappa shape index (κ2) is 4.84. The highest BCUT2D eigenvalue weighted by atomic mass is 35.5. The molecule has 1 aromatic carbocycles. The zero-order valence-corrected chi connectivity index (χ0v) is 11.2. The van der Waals surface area contributed by atoms with Crippen LogP contribution >= 0.6 is 11.6 Å². The number of anilines is 1. The first kappa shape index (κ1) is 12.5. The normalized spacial score (nSPS) is 22.6. The SMILES string of the molecule is N#Cc1ccc(N2CCC(NC3CC3)C2=O)cc1Cl. The molecular weight excluding hydrogens is 262 g/mol. The van der Waals surface area contributed by atoms with Crippen LogP contribution in [0.15, 0.2) is 18.2 Å². The average molecular weight is 276 g/mol. The zero-order chi connectivity index (χ0) is 13.4. The van der Waals surface area contributed by atoms with Crippen molar-refractivity contribution in [3.63, 3.8) is 0 Å². The molecule has 1 unspecified atom stereocenters. The second-order valence-corrected chi connectivity index (χ2v) is 5.46. The molecule has 1 aromatic rings. The highest BCUT2D eigenvalue weighted by molar-refractivity contribution is 6.32. The van der Waals surface area contributed by atoms with Crippen molar-refractivity contribution in [2.75, 3.05) is 11.4 Å². The first-order chi connectivity index (χ1) is 9.19.